The van der Waals surface area contributed by atoms with Crippen molar-refractivity contribution in [3.8, 4) is 11.1 Å². The number of hydrogen-bond acceptors (Lipinski definition) is 6. The number of carboxylic acid groups (broad SMARTS) is 1. The second-order valence-corrected chi connectivity index (χ2v) is 9.50. The van der Waals surface area contributed by atoms with Crippen molar-refractivity contribution in [3.05, 3.63) is 59.6 Å². The maximum absolute atomic E-state index is 13.2. The van der Waals surface area contributed by atoms with Gasteiger partial charge in [-0.1, -0.05) is 6.58 Å². The average molecular weight is 490 g/mol. The summed E-state index contributed by atoms with van der Waals surface area (Å²) >= 11 is 0. The molecule has 9 nitrogen and oxygen atoms in total. The summed E-state index contributed by atoms with van der Waals surface area (Å²) < 4.78 is 7.68. The van der Waals surface area contributed by atoms with E-state index in [-0.39, 0.29) is 12.1 Å². The Labute approximate surface area is 210 Å². The number of anilines is 1. The van der Waals surface area contributed by atoms with Crippen LogP contribution in [0, 0.1) is 6.92 Å². The zero-order valence-corrected chi connectivity index (χ0v) is 20.9. The molecule has 0 saturated carbocycles. The van der Waals surface area contributed by atoms with E-state index in [1.54, 1.807) is 6.20 Å². The molecule has 3 aromatic rings. The van der Waals surface area contributed by atoms with Gasteiger partial charge in [0.25, 0.3) is 0 Å². The van der Waals surface area contributed by atoms with E-state index in [1.807, 2.05) is 45.2 Å². The molecule has 188 valence electrons. The van der Waals surface area contributed by atoms with Crippen molar-refractivity contribution in [2.45, 2.75) is 33.3 Å². The van der Waals surface area contributed by atoms with Crippen molar-refractivity contribution in [1.29, 1.82) is 0 Å². The summed E-state index contributed by atoms with van der Waals surface area (Å²) in [7, 11) is 0. The fourth-order valence-corrected chi connectivity index (χ4v) is 5.23. The predicted molar refractivity (Wildman–Crippen MR) is 138 cm³/mol. The number of ether oxygens (including phenoxy) is 1. The van der Waals surface area contributed by atoms with Crippen molar-refractivity contribution in [2.24, 2.45) is 0 Å². The van der Waals surface area contributed by atoms with E-state index < -0.39 is 6.09 Å². The maximum atomic E-state index is 13.2. The number of fused-ring (bicyclic) bond motifs is 2. The number of piperazine rings is 1. The third-order valence-electron chi connectivity index (χ3n) is 6.94. The topological polar surface area (TPSA) is 99.4 Å². The molecule has 0 spiro atoms. The lowest BCUT2D eigenvalue weighted by Gasteiger charge is -2.32. The van der Waals surface area contributed by atoms with E-state index in [9.17, 15) is 14.7 Å². The highest BCUT2D eigenvalue weighted by Gasteiger charge is 2.30. The summed E-state index contributed by atoms with van der Waals surface area (Å²) in [5.74, 6) is 0.0971. The van der Waals surface area contributed by atoms with Gasteiger partial charge in [0.15, 0.2) is 0 Å². The largest absolute Gasteiger partial charge is 0.465 e. The van der Waals surface area contributed by atoms with Gasteiger partial charge in [-0.25, -0.2) is 14.6 Å². The van der Waals surface area contributed by atoms with Gasteiger partial charge >= 0.3 is 12.1 Å². The minimum atomic E-state index is -1.01. The number of esters is 1. The lowest BCUT2D eigenvalue weighted by molar-refractivity contribution is 0.0377. The van der Waals surface area contributed by atoms with Crippen LogP contribution in [-0.2, 0) is 11.2 Å². The molecule has 0 unspecified atom stereocenters. The smallest absolute Gasteiger partial charge is 0.413 e. The minimum absolute atomic E-state index is 0.246. The molecular formula is C27H31N5O4. The number of nitrogens with one attached hydrogen (secondary N) is 1. The summed E-state index contributed by atoms with van der Waals surface area (Å²) in [6.07, 6.45) is 2.96. The standard InChI is InChI=1S/C27H31N5O4/c1-16(2)36-26(33)22-15-23-20(19-5-8-29-25-21(19)7-12-32(25)27(34)35)6-11-31(23)24(17(22)3)18(4)30-13-9-28-10-14-30/h5-6,8,11,15-16,28H,4,7,9-10,12-14H2,1-3H3,(H,34,35). The Morgan fingerprint density at radius 2 is 1.92 bits per heavy atom. The number of carbonyl (C=O) groups is 2. The van der Waals surface area contributed by atoms with Gasteiger partial charge in [0.1, 0.15) is 5.82 Å². The van der Waals surface area contributed by atoms with Gasteiger partial charge < -0.3 is 24.5 Å². The monoisotopic (exact) mass is 489 g/mol. The minimum Gasteiger partial charge on any atom is -0.465 e. The first kappa shape index (κ1) is 23.9. The second kappa shape index (κ2) is 9.31. The fraction of sp³-hybridized carbons (Fsp3) is 0.370. The molecule has 0 aromatic carbocycles. The number of aromatic nitrogens is 2. The number of nitrogens with zero attached hydrogens (tertiary/aromatic N) is 4. The van der Waals surface area contributed by atoms with Crippen LogP contribution in [0.4, 0.5) is 10.6 Å². The van der Waals surface area contributed by atoms with Crippen LogP contribution in [0.1, 0.15) is 41.0 Å². The Hall–Kier alpha value is -3.85. The molecule has 0 aliphatic carbocycles. The molecular weight excluding hydrogens is 458 g/mol. The summed E-state index contributed by atoms with van der Waals surface area (Å²) in [4.78, 5) is 32.8. The molecule has 2 aliphatic rings. The maximum Gasteiger partial charge on any atom is 0.413 e. The summed E-state index contributed by atoms with van der Waals surface area (Å²) in [6.45, 7) is 13.8. The van der Waals surface area contributed by atoms with E-state index in [1.165, 1.54) is 4.90 Å². The van der Waals surface area contributed by atoms with Crippen molar-refractivity contribution >= 4 is 29.1 Å². The van der Waals surface area contributed by atoms with Crippen molar-refractivity contribution in [2.75, 3.05) is 37.6 Å². The number of pyridine rings is 2. The highest BCUT2D eigenvalue weighted by Crippen LogP contribution is 2.38. The molecule has 5 rings (SSSR count). The molecule has 0 bridgehead atoms. The lowest BCUT2D eigenvalue weighted by atomic mass is 9.98. The Morgan fingerprint density at radius 1 is 1.17 bits per heavy atom. The fourth-order valence-electron chi connectivity index (χ4n) is 5.23. The van der Waals surface area contributed by atoms with E-state index in [0.29, 0.717) is 24.3 Å². The van der Waals surface area contributed by atoms with Crippen LogP contribution in [0.25, 0.3) is 22.3 Å². The molecule has 1 amide bonds. The first-order chi connectivity index (χ1) is 17.3. The van der Waals surface area contributed by atoms with E-state index in [4.69, 9.17) is 4.74 Å². The molecule has 9 heteroatoms. The van der Waals surface area contributed by atoms with Gasteiger partial charge in [-0.05, 0) is 56.5 Å². The molecule has 1 saturated heterocycles. The number of amides is 1. The van der Waals surface area contributed by atoms with Crippen molar-refractivity contribution in [3.63, 3.8) is 0 Å². The zero-order valence-electron chi connectivity index (χ0n) is 20.9. The first-order valence-corrected chi connectivity index (χ1v) is 12.3. The Morgan fingerprint density at radius 3 is 2.61 bits per heavy atom. The number of carbonyl (C=O) groups excluding carboxylic acids is 1. The number of hydrogen-bond donors (Lipinski definition) is 2. The molecule has 36 heavy (non-hydrogen) atoms. The highest BCUT2D eigenvalue weighted by atomic mass is 16.5. The van der Waals surface area contributed by atoms with Gasteiger partial charge in [0, 0.05) is 56.2 Å². The van der Waals surface area contributed by atoms with E-state index in [0.717, 1.165) is 65.3 Å². The van der Waals surface area contributed by atoms with Crippen LogP contribution in [-0.4, -0.2) is 70.3 Å². The van der Waals surface area contributed by atoms with Crippen LogP contribution in [0.5, 0.6) is 0 Å². The summed E-state index contributed by atoms with van der Waals surface area (Å²) in [5, 5.41) is 13.0. The molecule has 5 heterocycles. The second-order valence-electron chi connectivity index (χ2n) is 9.50. The van der Waals surface area contributed by atoms with Crippen LogP contribution < -0.4 is 10.2 Å². The Bertz CT molecular complexity index is 1370. The zero-order chi connectivity index (χ0) is 25.6. The van der Waals surface area contributed by atoms with E-state index >= 15 is 0 Å². The van der Waals surface area contributed by atoms with Crippen molar-refractivity contribution < 1.29 is 19.4 Å². The normalized spacial score (nSPS) is 15.4. The predicted octanol–water partition coefficient (Wildman–Crippen LogP) is 3.79. The molecule has 0 atom stereocenters. The quantitative estimate of drug-likeness (QED) is 0.526. The lowest BCUT2D eigenvalue weighted by Crippen LogP contribution is -2.42. The molecule has 2 N–H and O–H groups in total. The Balaban J connectivity index is 1.71. The highest BCUT2D eigenvalue weighted by molar-refractivity contribution is 5.98. The molecule has 2 aliphatic heterocycles. The first-order valence-electron chi connectivity index (χ1n) is 12.3. The molecule has 1 fully saturated rings. The van der Waals surface area contributed by atoms with Gasteiger partial charge in [-0.2, -0.15) is 0 Å². The summed E-state index contributed by atoms with van der Waals surface area (Å²) in [6, 6.07) is 5.80. The van der Waals surface area contributed by atoms with Crippen LogP contribution in [0.15, 0.2) is 37.2 Å². The average Bonchev–Trinajstić information content (AvgIpc) is 3.47. The third kappa shape index (κ3) is 3.99. The van der Waals surface area contributed by atoms with Crippen LogP contribution in [0.3, 0.4) is 0 Å². The van der Waals surface area contributed by atoms with E-state index in [2.05, 4.69) is 26.2 Å². The van der Waals surface area contributed by atoms with Gasteiger partial charge in [0.2, 0.25) is 0 Å². The van der Waals surface area contributed by atoms with Crippen molar-refractivity contribution in [1.82, 2.24) is 19.6 Å². The van der Waals surface area contributed by atoms with Gasteiger partial charge in [-0.3, -0.25) is 4.90 Å². The number of rotatable bonds is 5. The third-order valence-corrected chi connectivity index (χ3v) is 6.94. The van der Waals surface area contributed by atoms with Gasteiger partial charge in [0.05, 0.1) is 28.6 Å². The van der Waals surface area contributed by atoms with Gasteiger partial charge in [-0.15, -0.1) is 0 Å². The van der Waals surface area contributed by atoms with Crippen LogP contribution in [0.2, 0.25) is 0 Å². The summed E-state index contributed by atoms with van der Waals surface area (Å²) in [5.41, 5.74) is 6.60. The Kier molecular flexibility index (Phi) is 6.17. The SMILES string of the molecule is C=C(c1c(C)c(C(=O)OC(C)C)cc2c(-c3ccnc4c3CCN4C(=O)O)ccn12)N1CCNCC1. The molecule has 3 aromatic heterocycles. The molecule has 0 radical (unpaired) electrons. The van der Waals surface area contributed by atoms with Crippen LogP contribution >= 0.6 is 0 Å².